The maximum Gasteiger partial charge on any atom is 0.226 e. The molecule has 0 saturated heterocycles. The van der Waals surface area contributed by atoms with Gasteiger partial charge in [-0.15, -0.1) is 0 Å². The standard InChI is InChI=1S/C27H24Cl5N3O2/c28-20-4-1-18(2-5-20)26(37-16-19-3-6-22(30)15-24(19)31)27(32)35-14-13-34(17-35)12-11-25(36)33-23-9-7-21(29)8-10-23/h1-10,13-15,26-27H,11-12,16-17H2,(H,33,36). The lowest BCUT2D eigenvalue weighted by Gasteiger charge is -2.31. The molecule has 3 aromatic carbocycles. The van der Waals surface area contributed by atoms with Crippen LogP contribution in [0.1, 0.15) is 23.7 Å². The van der Waals surface area contributed by atoms with Gasteiger partial charge in [0.2, 0.25) is 5.91 Å². The van der Waals surface area contributed by atoms with Gasteiger partial charge in [0.15, 0.2) is 0 Å². The average molecular weight is 600 g/mol. The van der Waals surface area contributed by atoms with Gasteiger partial charge >= 0.3 is 0 Å². The average Bonchev–Trinajstić information content (AvgIpc) is 3.35. The third-order valence-electron chi connectivity index (χ3n) is 5.77. The molecule has 0 spiro atoms. The van der Waals surface area contributed by atoms with Crippen LogP contribution in [0.25, 0.3) is 0 Å². The van der Waals surface area contributed by atoms with E-state index in [-0.39, 0.29) is 12.5 Å². The van der Waals surface area contributed by atoms with Crippen molar-refractivity contribution in [1.29, 1.82) is 0 Å². The zero-order valence-electron chi connectivity index (χ0n) is 19.6. The molecule has 1 aliphatic rings. The van der Waals surface area contributed by atoms with Crippen molar-refractivity contribution in [2.24, 2.45) is 0 Å². The lowest BCUT2D eigenvalue weighted by molar-refractivity contribution is -0.116. The summed E-state index contributed by atoms with van der Waals surface area (Å²) in [5, 5.41) is 5.20. The fourth-order valence-corrected chi connectivity index (χ4v) is 4.83. The summed E-state index contributed by atoms with van der Waals surface area (Å²) in [6.07, 6.45) is 3.65. The molecular weight excluding hydrogens is 576 g/mol. The van der Waals surface area contributed by atoms with E-state index in [0.29, 0.717) is 45.4 Å². The molecule has 1 N–H and O–H groups in total. The highest BCUT2D eigenvalue weighted by Gasteiger charge is 2.29. The van der Waals surface area contributed by atoms with E-state index in [1.165, 1.54) is 0 Å². The summed E-state index contributed by atoms with van der Waals surface area (Å²) in [5.41, 5.74) is 1.86. The van der Waals surface area contributed by atoms with Gasteiger partial charge in [0.1, 0.15) is 11.6 Å². The molecular formula is C27H24Cl5N3O2. The molecule has 194 valence electrons. The number of anilines is 1. The molecule has 2 unspecified atom stereocenters. The number of nitrogens with one attached hydrogen (secondary N) is 1. The summed E-state index contributed by atoms with van der Waals surface area (Å²) in [5.74, 6) is -0.0844. The van der Waals surface area contributed by atoms with Crippen molar-refractivity contribution in [2.45, 2.75) is 24.6 Å². The number of ether oxygens (including phenoxy) is 1. The number of nitrogens with zero attached hydrogens (tertiary/aromatic N) is 2. The zero-order chi connectivity index (χ0) is 26.4. The van der Waals surface area contributed by atoms with Crippen molar-refractivity contribution >= 4 is 69.6 Å². The van der Waals surface area contributed by atoms with Gasteiger partial charge in [-0.25, -0.2) is 0 Å². The van der Waals surface area contributed by atoms with Gasteiger partial charge < -0.3 is 19.9 Å². The Morgan fingerprint density at radius 3 is 2.22 bits per heavy atom. The Kier molecular flexibility index (Phi) is 9.88. The van der Waals surface area contributed by atoms with Crippen LogP contribution in [-0.4, -0.2) is 34.4 Å². The van der Waals surface area contributed by atoms with Crippen LogP contribution in [0.3, 0.4) is 0 Å². The highest BCUT2D eigenvalue weighted by atomic mass is 35.5. The number of rotatable bonds is 10. The Labute approximate surface area is 241 Å². The van der Waals surface area contributed by atoms with Gasteiger partial charge in [-0.3, -0.25) is 4.79 Å². The number of hydrogen-bond donors (Lipinski definition) is 1. The number of halogens is 5. The second kappa shape index (κ2) is 13.1. The van der Waals surface area contributed by atoms with Gasteiger partial charge in [0.25, 0.3) is 0 Å². The first-order chi connectivity index (χ1) is 17.8. The summed E-state index contributed by atoms with van der Waals surface area (Å²) in [6, 6.07) is 19.7. The van der Waals surface area contributed by atoms with Crippen LogP contribution in [0.4, 0.5) is 5.69 Å². The number of hydrogen-bond acceptors (Lipinski definition) is 4. The van der Waals surface area contributed by atoms with Crippen LogP contribution >= 0.6 is 58.0 Å². The first-order valence-corrected chi connectivity index (χ1v) is 13.4. The summed E-state index contributed by atoms with van der Waals surface area (Å²) >= 11 is 31.3. The first-order valence-electron chi connectivity index (χ1n) is 11.5. The SMILES string of the molecule is O=C(CCN1C=CN(C(Cl)C(OCc2ccc(Cl)cc2Cl)c2ccc(Cl)cc2)C1)Nc1ccc(Cl)cc1. The van der Waals surface area contributed by atoms with Crippen molar-refractivity contribution in [3.63, 3.8) is 0 Å². The van der Waals surface area contributed by atoms with Crippen LogP contribution in [-0.2, 0) is 16.1 Å². The molecule has 0 aliphatic carbocycles. The zero-order valence-corrected chi connectivity index (χ0v) is 23.4. The van der Waals surface area contributed by atoms with E-state index in [9.17, 15) is 4.79 Å². The summed E-state index contributed by atoms with van der Waals surface area (Å²) < 4.78 is 6.29. The van der Waals surface area contributed by atoms with E-state index in [1.54, 1.807) is 48.5 Å². The Morgan fingerprint density at radius 2 is 1.54 bits per heavy atom. The summed E-state index contributed by atoms with van der Waals surface area (Å²) in [7, 11) is 0. The monoisotopic (exact) mass is 597 g/mol. The van der Waals surface area contributed by atoms with Crippen LogP contribution in [0, 0.1) is 0 Å². The Bertz CT molecular complexity index is 1240. The molecule has 0 radical (unpaired) electrons. The molecule has 0 aromatic heterocycles. The lowest BCUT2D eigenvalue weighted by atomic mass is 10.1. The van der Waals surface area contributed by atoms with Gasteiger partial charge in [-0.2, -0.15) is 0 Å². The number of carbonyl (C=O) groups excluding carboxylic acids is 1. The molecule has 1 amide bonds. The molecule has 5 nitrogen and oxygen atoms in total. The van der Waals surface area contributed by atoms with E-state index in [0.717, 1.165) is 11.1 Å². The quantitative estimate of drug-likeness (QED) is 0.189. The summed E-state index contributed by atoms with van der Waals surface area (Å²) in [4.78, 5) is 16.4. The maximum absolute atomic E-state index is 12.4. The normalized spacial score (nSPS) is 14.6. The first kappa shape index (κ1) is 27.9. The molecule has 0 saturated carbocycles. The third kappa shape index (κ3) is 7.93. The predicted molar refractivity (Wildman–Crippen MR) is 152 cm³/mol. The molecule has 0 bridgehead atoms. The topological polar surface area (TPSA) is 44.8 Å². The Morgan fingerprint density at radius 1 is 0.892 bits per heavy atom. The number of carbonyl (C=O) groups is 1. The third-order valence-corrected chi connectivity index (χ3v) is 7.34. The van der Waals surface area contributed by atoms with Crippen LogP contribution < -0.4 is 5.32 Å². The largest absolute Gasteiger partial charge is 0.365 e. The number of alkyl halides is 1. The number of amides is 1. The van der Waals surface area contributed by atoms with E-state index in [1.807, 2.05) is 40.4 Å². The van der Waals surface area contributed by atoms with E-state index in [2.05, 4.69) is 5.32 Å². The minimum atomic E-state index is -0.531. The van der Waals surface area contributed by atoms with Gasteiger partial charge in [0.05, 0.1) is 13.3 Å². The highest BCUT2D eigenvalue weighted by molar-refractivity contribution is 6.35. The molecule has 37 heavy (non-hydrogen) atoms. The van der Waals surface area contributed by atoms with E-state index < -0.39 is 11.6 Å². The molecule has 1 heterocycles. The summed E-state index contributed by atoms with van der Waals surface area (Å²) in [6.45, 7) is 1.29. The second-order valence-corrected chi connectivity index (χ2v) is 10.6. The second-order valence-electron chi connectivity index (χ2n) is 8.46. The van der Waals surface area contributed by atoms with E-state index in [4.69, 9.17) is 62.7 Å². The van der Waals surface area contributed by atoms with Crippen molar-refractivity contribution in [1.82, 2.24) is 9.80 Å². The highest BCUT2D eigenvalue weighted by Crippen LogP contribution is 2.33. The molecule has 1 aliphatic heterocycles. The fourth-order valence-electron chi connectivity index (χ4n) is 3.77. The molecule has 10 heteroatoms. The van der Waals surface area contributed by atoms with Crippen LogP contribution in [0.15, 0.2) is 79.1 Å². The maximum atomic E-state index is 12.4. The van der Waals surface area contributed by atoms with Crippen LogP contribution in [0.5, 0.6) is 0 Å². The van der Waals surface area contributed by atoms with Gasteiger partial charge in [-0.05, 0) is 59.7 Å². The number of benzene rings is 3. The molecule has 0 fully saturated rings. The van der Waals surface area contributed by atoms with Crippen LogP contribution in [0.2, 0.25) is 20.1 Å². The van der Waals surface area contributed by atoms with Crippen molar-refractivity contribution in [3.8, 4) is 0 Å². The van der Waals surface area contributed by atoms with Gasteiger partial charge in [-0.1, -0.05) is 76.2 Å². The van der Waals surface area contributed by atoms with E-state index >= 15 is 0 Å². The molecule has 4 rings (SSSR count). The van der Waals surface area contributed by atoms with Crippen molar-refractivity contribution in [2.75, 3.05) is 18.5 Å². The van der Waals surface area contributed by atoms with Gasteiger partial charge in [0, 0.05) is 51.1 Å². The Balaban J connectivity index is 1.36. The fraction of sp³-hybridized carbons (Fsp3) is 0.222. The molecule has 2 atom stereocenters. The lowest BCUT2D eigenvalue weighted by Crippen LogP contribution is -2.36. The van der Waals surface area contributed by atoms with Crippen molar-refractivity contribution in [3.05, 3.63) is 110 Å². The van der Waals surface area contributed by atoms with Crippen molar-refractivity contribution < 1.29 is 9.53 Å². The minimum absolute atomic E-state index is 0.0844. The predicted octanol–water partition coefficient (Wildman–Crippen LogP) is 8.20. The minimum Gasteiger partial charge on any atom is -0.365 e. The Hall–Kier alpha value is -2.12. The smallest absolute Gasteiger partial charge is 0.226 e. The molecule has 3 aromatic rings.